The monoisotopic (exact) mass is 287 g/mol. The molecule has 0 saturated carbocycles. The van der Waals surface area contributed by atoms with Crippen LogP contribution in [0.25, 0.3) is 0 Å². The minimum Gasteiger partial charge on any atom is -0.481 e. The molecule has 0 atom stereocenters. The molecule has 7 heteroatoms. The van der Waals surface area contributed by atoms with Gasteiger partial charge in [0.2, 0.25) is 0 Å². The summed E-state index contributed by atoms with van der Waals surface area (Å²) in [6.45, 7) is 7.63. The molecule has 1 heterocycles. The first-order valence-corrected chi connectivity index (χ1v) is 7.07. The van der Waals surface area contributed by atoms with Crippen molar-refractivity contribution in [2.45, 2.75) is 38.9 Å². The third kappa shape index (κ3) is 5.20. The van der Waals surface area contributed by atoms with Gasteiger partial charge in [-0.25, -0.2) is 0 Å². The van der Waals surface area contributed by atoms with Crippen molar-refractivity contribution in [2.24, 2.45) is 5.41 Å². The molecule has 6 nitrogen and oxygen atoms in total. The van der Waals surface area contributed by atoms with Gasteiger partial charge in [-0.1, -0.05) is 25.6 Å². The van der Waals surface area contributed by atoms with E-state index in [1.807, 2.05) is 11.5 Å². The number of thioether (sulfide) groups is 1. The molecule has 0 saturated heterocycles. The van der Waals surface area contributed by atoms with E-state index in [0.29, 0.717) is 11.8 Å². The SMILES string of the molecule is COCCC(C)(C)Cn1c(C)nnc1SCC(=O)O. The molecule has 1 aromatic rings. The Hall–Kier alpha value is -1.08. The first-order chi connectivity index (χ1) is 8.85. The lowest BCUT2D eigenvalue weighted by Gasteiger charge is -2.25. The molecule has 0 fully saturated rings. The van der Waals surface area contributed by atoms with E-state index in [4.69, 9.17) is 9.84 Å². The molecule has 1 N–H and O–H groups in total. The lowest BCUT2D eigenvalue weighted by molar-refractivity contribution is -0.133. The lowest BCUT2D eigenvalue weighted by atomic mass is 9.89. The van der Waals surface area contributed by atoms with Crippen LogP contribution in [0.1, 0.15) is 26.1 Å². The Morgan fingerprint density at radius 3 is 2.74 bits per heavy atom. The zero-order valence-corrected chi connectivity index (χ0v) is 12.7. The number of methoxy groups -OCH3 is 1. The number of aliphatic carboxylic acids is 1. The van der Waals surface area contributed by atoms with E-state index in [0.717, 1.165) is 18.8 Å². The first-order valence-electron chi connectivity index (χ1n) is 6.09. The summed E-state index contributed by atoms with van der Waals surface area (Å²) < 4.78 is 7.09. The highest BCUT2D eigenvalue weighted by Gasteiger charge is 2.22. The van der Waals surface area contributed by atoms with Gasteiger partial charge in [0, 0.05) is 20.3 Å². The van der Waals surface area contributed by atoms with Crippen LogP contribution in [0.2, 0.25) is 0 Å². The molecule has 0 aliphatic heterocycles. The zero-order valence-electron chi connectivity index (χ0n) is 11.8. The van der Waals surface area contributed by atoms with Gasteiger partial charge in [-0.05, 0) is 18.8 Å². The maximum Gasteiger partial charge on any atom is 0.313 e. The summed E-state index contributed by atoms with van der Waals surface area (Å²) in [6.07, 6.45) is 0.921. The smallest absolute Gasteiger partial charge is 0.313 e. The van der Waals surface area contributed by atoms with Gasteiger partial charge in [-0.15, -0.1) is 10.2 Å². The van der Waals surface area contributed by atoms with Crippen LogP contribution in [0.5, 0.6) is 0 Å². The molecule has 0 spiro atoms. The standard InChI is InChI=1S/C12H21N3O3S/c1-9-13-14-11(19-7-10(16)17)15(9)8-12(2,3)5-6-18-4/h5-8H2,1-4H3,(H,16,17). The molecule has 108 valence electrons. The molecule has 19 heavy (non-hydrogen) atoms. The predicted molar refractivity (Wildman–Crippen MR) is 73.4 cm³/mol. The topological polar surface area (TPSA) is 77.2 Å². The van der Waals surface area contributed by atoms with Crippen molar-refractivity contribution in [3.63, 3.8) is 0 Å². The van der Waals surface area contributed by atoms with Gasteiger partial charge in [0.1, 0.15) is 5.82 Å². The number of carbonyl (C=O) groups is 1. The molecule has 0 amide bonds. The maximum absolute atomic E-state index is 10.6. The van der Waals surface area contributed by atoms with Crippen LogP contribution in [0.15, 0.2) is 5.16 Å². The van der Waals surface area contributed by atoms with Crippen molar-refractivity contribution in [1.29, 1.82) is 0 Å². The third-order valence-electron chi connectivity index (χ3n) is 2.80. The van der Waals surface area contributed by atoms with Crippen molar-refractivity contribution in [3.8, 4) is 0 Å². The van der Waals surface area contributed by atoms with Crippen LogP contribution < -0.4 is 0 Å². The van der Waals surface area contributed by atoms with E-state index in [-0.39, 0.29) is 11.2 Å². The van der Waals surface area contributed by atoms with Crippen molar-refractivity contribution in [3.05, 3.63) is 5.82 Å². The molecule has 1 rings (SSSR count). The molecule has 0 aromatic carbocycles. The number of carboxylic acids is 1. The maximum atomic E-state index is 10.6. The minimum atomic E-state index is -0.851. The summed E-state index contributed by atoms with van der Waals surface area (Å²) in [6, 6.07) is 0. The van der Waals surface area contributed by atoms with Crippen LogP contribution in [0.4, 0.5) is 0 Å². The average molecular weight is 287 g/mol. The Kier molecular flexibility index (Phi) is 5.81. The molecule has 0 bridgehead atoms. The second-order valence-electron chi connectivity index (χ2n) is 5.21. The molecular weight excluding hydrogens is 266 g/mol. The van der Waals surface area contributed by atoms with Gasteiger partial charge in [-0.2, -0.15) is 0 Å². The number of ether oxygens (including phenoxy) is 1. The van der Waals surface area contributed by atoms with Gasteiger partial charge in [0.15, 0.2) is 5.16 Å². The molecular formula is C12H21N3O3S. The fourth-order valence-corrected chi connectivity index (χ4v) is 2.37. The van der Waals surface area contributed by atoms with Crippen molar-refractivity contribution < 1.29 is 14.6 Å². The van der Waals surface area contributed by atoms with E-state index in [2.05, 4.69) is 24.0 Å². The Labute approximate surface area is 117 Å². The van der Waals surface area contributed by atoms with Crippen LogP contribution in [-0.4, -0.2) is 45.3 Å². The summed E-state index contributed by atoms with van der Waals surface area (Å²) in [7, 11) is 1.69. The number of carboxylic acid groups (broad SMARTS) is 1. The molecule has 0 unspecified atom stereocenters. The predicted octanol–water partition coefficient (Wildman–Crippen LogP) is 1.83. The van der Waals surface area contributed by atoms with Crippen LogP contribution in [0, 0.1) is 12.3 Å². The molecule has 0 aliphatic carbocycles. The van der Waals surface area contributed by atoms with E-state index >= 15 is 0 Å². The Bertz CT molecular complexity index is 432. The average Bonchev–Trinajstić information content (AvgIpc) is 2.65. The first kappa shape index (κ1) is 16.0. The van der Waals surface area contributed by atoms with Crippen LogP contribution >= 0.6 is 11.8 Å². The largest absolute Gasteiger partial charge is 0.481 e. The summed E-state index contributed by atoms with van der Waals surface area (Å²) in [5, 5.41) is 17.4. The van der Waals surface area contributed by atoms with Crippen molar-refractivity contribution in [2.75, 3.05) is 19.5 Å². The highest BCUT2D eigenvalue weighted by Crippen LogP contribution is 2.26. The van der Waals surface area contributed by atoms with E-state index in [9.17, 15) is 4.79 Å². The van der Waals surface area contributed by atoms with E-state index in [1.54, 1.807) is 7.11 Å². The lowest BCUT2D eigenvalue weighted by Crippen LogP contribution is -2.23. The molecule has 0 radical (unpaired) electrons. The minimum absolute atomic E-state index is 0.00334. The third-order valence-corrected chi connectivity index (χ3v) is 3.75. The highest BCUT2D eigenvalue weighted by atomic mass is 32.2. The Balaban J connectivity index is 2.76. The number of hydrogen-bond donors (Lipinski definition) is 1. The number of aryl methyl sites for hydroxylation is 1. The number of nitrogens with zero attached hydrogens (tertiary/aromatic N) is 3. The van der Waals surface area contributed by atoms with Crippen molar-refractivity contribution >= 4 is 17.7 Å². The Morgan fingerprint density at radius 1 is 1.47 bits per heavy atom. The van der Waals surface area contributed by atoms with Crippen LogP contribution in [-0.2, 0) is 16.1 Å². The number of aromatic nitrogens is 3. The van der Waals surface area contributed by atoms with Gasteiger partial charge >= 0.3 is 5.97 Å². The number of hydrogen-bond acceptors (Lipinski definition) is 5. The summed E-state index contributed by atoms with van der Waals surface area (Å²) >= 11 is 1.20. The van der Waals surface area contributed by atoms with Crippen LogP contribution in [0.3, 0.4) is 0 Å². The Morgan fingerprint density at radius 2 is 2.16 bits per heavy atom. The molecule has 0 aliphatic rings. The quantitative estimate of drug-likeness (QED) is 0.735. The number of rotatable bonds is 8. The second-order valence-corrected chi connectivity index (χ2v) is 6.15. The summed E-state index contributed by atoms with van der Waals surface area (Å²) in [5.41, 5.74) is 0.0433. The van der Waals surface area contributed by atoms with E-state index < -0.39 is 5.97 Å². The van der Waals surface area contributed by atoms with Gasteiger partial charge in [-0.3, -0.25) is 4.79 Å². The van der Waals surface area contributed by atoms with Crippen molar-refractivity contribution in [1.82, 2.24) is 14.8 Å². The zero-order chi connectivity index (χ0) is 14.5. The second kappa shape index (κ2) is 6.91. The molecule has 1 aromatic heterocycles. The fourth-order valence-electron chi connectivity index (χ4n) is 1.66. The fraction of sp³-hybridized carbons (Fsp3) is 0.750. The van der Waals surface area contributed by atoms with Gasteiger partial charge < -0.3 is 14.4 Å². The van der Waals surface area contributed by atoms with Gasteiger partial charge in [0.25, 0.3) is 0 Å². The summed E-state index contributed by atoms with van der Waals surface area (Å²) in [5.74, 6) is -0.0504. The van der Waals surface area contributed by atoms with E-state index in [1.165, 1.54) is 11.8 Å². The highest BCUT2D eigenvalue weighted by molar-refractivity contribution is 7.99. The van der Waals surface area contributed by atoms with Gasteiger partial charge in [0.05, 0.1) is 5.75 Å². The normalized spacial score (nSPS) is 11.8. The summed E-state index contributed by atoms with van der Waals surface area (Å²) in [4.78, 5) is 10.6.